The molecule has 0 atom stereocenters. The molecule has 0 amide bonds. The van der Waals surface area contributed by atoms with Gasteiger partial charge in [-0.05, 0) is 37.8 Å². The van der Waals surface area contributed by atoms with Crippen molar-refractivity contribution in [3.8, 4) is 0 Å². The van der Waals surface area contributed by atoms with Gasteiger partial charge in [0.15, 0.2) is 0 Å². The van der Waals surface area contributed by atoms with E-state index < -0.39 is 11.9 Å². The average Bonchev–Trinajstić information content (AvgIpc) is 2.46. The van der Waals surface area contributed by atoms with Gasteiger partial charge >= 0.3 is 20.4 Å². The van der Waals surface area contributed by atoms with Crippen LogP contribution in [-0.2, 0) is 42.9 Å². The molecule has 0 spiro atoms. The van der Waals surface area contributed by atoms with Crippen LogP contribution in [0.4, 0.5) is 0 Å². The van der Waals surface area contributed by atoms with Crippen molar-refractivity contribution in [2.75, 3.05) is 0 Å². The molecule has 0 aliphatic rings. The predicted molar refractivity (Wildman–Crippen MR) is 81.7 cm³/mol. The molecule has 2 aromatic rings. The van der Waals surface area contributed by atoms with Gasteiger partial charge in [0.1, 0.15) is 0 Å². The van der Waals surface area contributed by atoms with Crippen LogP contribution in [0.15, 0.2) is 60.7 Å². The van der Waals surface area contributed by atoms with Crippen LogP contribution in [0.1, 0.15) is 25.0 Å². The first-order chi connectivity index (χ1) is 10.4. The summed E-state index contributed by atoms with van der Waals surface area (Å²) in [5.74, 6) is -2.17. The van der Waals surface area contributed by atoms with Gasteiger partial charge in [0.25, 0.3) is 0 Å². The molecule has 0 aromatic heterocycles. The van der Waals surface area contributed by atoms with E-state index in [-0.39, 0.29) is 20.4 Å². The average molecular weight is 407 g/mol. The molecule has 0 radical (unpaired) electrons. The summed E-state index contributed by atoms with van der Waals surface area (Å²) >= 11 is 0. The van der Waals surface area contributed by atoms with Gasteiger partial charge in [0.2, 0.25) is 0 Å². The number of carboxylic acids is 2. The van der Waals surface area contributed by atoms with Crippen LogP contribution >= 0.6 is 0 Å². The van der Waals surface area contributed by atoms with Crippen LogP contribution in [0.3, 0.4) is 0 Å². The Morgan fingerprint density at radius 2 is 0.913 bits per heavy atom. The van der Waals surface area contributed by atoms with E-state index in [1.807, 2.05) is 0 Å². The minimum atomic E-state index is -1.08. The van der Waals surface area contributed by atoms with Crippen LogP contribution in [0, 0.1) is 0 Å². The summed E-state index contributed by atoms with van der Waals surface area (Å²) in [7, 11) is 0. The summed E-state index contributed by atoms with van der Waals surface area (Å²) in [5, 5.41) is 17.8. The smallest absolute Gasteiger partial charge is 0.550 e. The summed E-state index contributed by atoms with van der Waals surface area (Å²) in [4.78, 5) is 17.8. The van der Waals surface area contributed by atoms with Gasteiger partial charge < -0.3 is 19.8 Å². The Bertz CT molecular complexity index is 482. The zero-order chi connectivity index (χ0) is 16.8. The van der Waals surface area contributed by atoms with Crippen molar-refractivity contribution in [2.45, 2.75) is 26.7 Å². The fraction of sp³-hybridized carbons (Fsp3) is 0.222. The molecule has 0 heterocycles. The summed E-state index contributed by atoms with van der Waals surface area (Å²) in [6.45, 7) is 1.94. The SMILES string of the molecule is CC(=O)[O-].CC(=O)[O-].[Pd+2].c1ccc(CCc2ccccc2)cc1. The Morgan fingerprint density at radius 1 is 0.696 bits per heavy atom. The Hall–Kier alpha value is -1.96. The molecule has 0 fully saturated rings. The Balaban J connectivity index is 0. The number of hydrogen-bond donors (Lipinski definition) is 0. The molecule has 2 aromatic carbocycles. The van der Waals surface area contributed by atoms with Crippen LogP contribution in [-0.4, -0.2) is 11.9 Å². The van der Waals surface area contributed by atoms with E-state index in [2.05, 4.69) is 60.7 Å². The van der Waals surface area contributed by atoms with Gasteiger partial charge in [0, 0.05) is 11.9 Å². The predicted octanol–water partition coefficient (Wildman–Crippen LogP) is 0.982. The van der Waals surface area contributed by atoms with E-state index >= 15 is 0 Å². The number of aryl methyl sites for hydroxylation is 2. The monoisotopic (exact) mass is 406 g/mol. The first-order valence-corrected chi connectivity index (χ1v) is 6.84. The van der Waals surface area contributed by atoms with E-state index in [0.717, 1.165) is 26.7 Å². The molecule has 126 valence electrons. The van der Waals surface area contributed by atoms with Crippen LogP contribution in [0.2, 0.25) is 0 Å². The molecule has 0 N–H and O–H groups in total. The quantitative estimate of drug-likeness (QED) is 0.712. The maximum absolute atomic E-state index is 8.89. The fourth-order valence-electron chi connectivity index (χ4n) is 1.58. The Morgan fingerprint density at radius 3 is 1.13 bits per heavy atom. The van der Waals surface area contributed by atoms with E-state index in [9.17, 15) is 0 Å². The number of benzene rings is 2. The summed E-state index contributed by atoms with van der Waals surface area (Å²) < 4.78 is 0. The molecular formula is C18H20O4Pd. The second kappa shape index (κ2) is 15.0. The second-order valence-corrected chi connectivity index (χ2v) is 4.45. The standard InChI is InChI=1S/C14H14.2C2H4O2.Pd/c1-3-7-13(8-4-1)11-12-14-9-5-2-6-10-14;2*1-2(3)4;/h1-10H,11-12H2;2*1H3,(H,3,4);/q;;;+2/p-2. The Kier molecular flexibility index (Phi) is 15.2. The maximum Gasteiger partial charge on any atom is 2.00 e. The fourth-order valence-corrected chi connectivity index (χ4v) is 1.58. The van der Waals surface area contributed by atoms with Crippen molar-refractivity contribution in [3.05, 3.63) is 71.8 Å². The van der Waals surface area contributed by atoms with Crippen molar-refractivity contribution in [2.24, 2.45) is 0 Å². The molecule has 0 aliphatic carbocycles. The van der Waals surface area contributed by atoms with E-state index in [4.69, 9.17) is 19.8 Å². The molecule has 0 unspecified atom stereocenters. The Labute approximate surface area is 150 Å². The summed E-state index contributed by atoms with van der Waals surface area (Å²) in [6, 6.07) is 21.2. The van der Waals surface area contributed by atoms with Crippen molar-refractivity contribution >= 4 is 11.9 Å². The molecule has 0 aliphatic heterocycles. The third-order valence-corrected chi connectivity index (χ3v) is 2.39. The van der Waals surface area contributed by atoms with Crippen LogP contribution in [0.5, 0.6) is 0 Å². The summed E-state index contributed by atoms with van der Waals surface area (Å²) in [5.41, 5.74) is 2.83. The van der Waals surface area contributed by atoms with Crippen molar-refractivity contribution in [1.82, 2.24) is 0 Å². The van der Waals surface area contributed by atoms with Gasteiger partial charge in [-0.2, -0.15) is 0 Å². The largest absolute Gasteiger partial charge is 2.00 e. The molecule has 0 bridgehead atoms. The normalized spacial score (nSPS) is 8.26. The number of carboxylic acid groups (broad SMARTS) is 2. The topological polar surface area (TPSA) is 80.3 Å². The summed E-state index contributed by atoms with van der Waals surface area (Å²) in [6.07, 6.45) is 2.26. The molecule has 2 rings (SSSR count). The van der Waals surface area contributed by atoms with E-state index in [1.165, 1.54) is 11.1 Å². The minimum Gasteiger partial charge on any atom is -0.550 e. The van der Waals surface area contributed by atoms with Gasteiger partial charge in [-0.15, -0.1) is 0 Å². The molecule has 4 nitrogen and oxygen atoms in total. The zero-order valence-electron chi connectivity index (χ0n) is 13.1. The first kappa shape index (κ1) is 23.3. The van der Waals surface area contributed by atoms with Crippen molar-refractivity contribution in [3.63, 3.8) is 0 Å². The number of carbonyl (C=O) groups is 2. The van der Waals surface area contributed by atoms with Gasteiger partial charge in [-0.1, -0.05) is 60.7 Å². The molecule has 0 saturated heterocycles. The second-order valence-electron chi connectivity index (χ2n) is 4.45. The molecular weight excluding hydrogens is 387 g/mol. The third-order valence-electron chi connectivity index (χ3n) is 2.39. The van der Waals surface area contributed by atoms with Gasteiger partial charge in [-0.3, -0.25) is 0 Å². The van der Waals surface area contributed by atoms with Crippen LogP contribution in [0.25, 0.3) is 0 Å². The van der Waals surface area contributed by atoms with Gasteiger partial charge in [-0.25, -0.2) is 0 Å². The molecule has 0 saturated carbocycles. The van der Waals surface area contributed by atoms with Crippen molar-refractivity contribution < 1.29 is 40.2 Å². The number of rotatable bonds is 3. The number of hydrogen-bond acceptors (Lipinski definition) is 4. The zero-order valence-corrected chi connectivity index (χ0v) is 14.7. The van der Waals surface area contributed by atoms with E-state index in [1.54, 1.807) is 0 Å². The maximum atomic E-state index is 8.89. The van der Waals surface area contributed by atoms with Crippen molar-refractivity contribution in [1.29, 1.82) is 0 Å². The molecule has 5 heteroatoms. The first-order valence-electron chi connectivity index (χ1n) is 6.84. The van der Waals surface area contributed by atoms with E-state index in [0.29, 0.717) is 0 Å². The van der Waals surface area contributed by atoms with Crippen LogP contribution < -0.4 is 10.2 Å². The van der Waals surface area contributed by atoms with Gasteiger partial charge in [0.05, 0.1) is 0 Å². The number of aliphatic carboxylic acids is 2. The minimum absolute atomic E-state index is 0. The molecule has 23 heavy (non-hydrogen) atoms. The third kappa shape index (κ3) is 18.0. The number of carbonyl (C=O) groups excluding carboxylic acids is 2.